The number of rotatable bonds is 2. The Morgan fingerprint density at radius 1 is 1.38 bits per heavy atom. The Hall–Kier alpha value is -1.77. The van der Waals surface area contributed by atoms with Crippen LogP contribution in [0.2, 0.25) is 0 Å². The summed E-state index contributed by atoms with van der Waals surface area (Å²) in [5.41, 5.74) is 2.75. The Balaban J connectivity index is 2.12. The van der Waals surface area contributed by atoms with E-state index < -0.39 is 0 Å². The SMILES string of the molecule is Cc1cc(O)ccc1N/C=C1\CCCC1=O. The zero-order valence-corrected chi connectivity index (χ0v) is 9.29. The molecule has 16 heavy (non-hydrogen) atoms. The molecule has 0 amide bonds. The number of nitrogens with one attached hydrogen (secondary N) is 1. The van der Waals surface area contributed by atoms with E-state index in [2.05, 4.69) is 5.32 Å². The molecule has 0 aliphatic heterocycles. The van der Waals surface area contributed by atoms with Gasteiger partial charge >= 0.3 is 0 Å². The summed E-state index contributed by atoms with van der Waals surface area (Å²) >= 11 is 0. The molecule has 0 radical (unpaired) electrons. The van der Waals surface area contributed by atoms with Crippen molar-refractivity contribution in [1.29, 1.82) is 0 Å². The summed E-state index contributed by atoms with van der Waals surface area (Å²) in [6.45, 7) is 1.91. The maximum Gasteiger partial charge on any atom is 0.160 e. The molecule has 1 fully saturated rings. The summed E-state index contributed by atoms with van der Waals surface area (Å²) in [6, 6.07) is 5.13. The van der Waals surface area contributed by atoms with E-state index in [9.17, 15) is 9.90 Å². The van der Waals surface area contributed by atoms with Crippen LogP contribution in [0.5, 0.6) is 5.75 Å². The van der Waals surface area contributed by atoms with Crippen LogP contribution in [0.25, 0.3) is 0 Å². The average Bonchev–Trinajstić information content (AvgIpc) is 2.63. The highest BCUT2D eigenvalue weighted by Gasteiger charge is 2.16. The lowest BCUT2D eigenvalue weighted by Crippen LogP contribution is -1.97. The second kappa shape index (κ2) is 4.39. The predicted octanol–water partition coefficient (Wildman–Crippen LogP) is 2.75. The molecule has 84 valence electrons. The van der Waals surface area contributed by atoms with Crippen molar-refractivity contribution >= 4 is 11.5 Å². The molecule has 0 heterocycles. The molecule has 0 atom stereocenters. The summed E-state index contributed by atoms with van der Waals surface area (Å²) in [4.78, 5) is 11.4. The Morgan fingerprint density at radius 3 is 2.81 bits per heavy atom. The number of ketones is 1. The van der Waals surface area contributed by atoms with Crippen LogP contribution in [-0.4, -0.2) is 10.9 Å². The van der Waals surface area contributed by atoms with Gasteiger partial charge in [-0.1, -0.05) is 0 Å². The fourth-order valence-corrected chi connectivity index (χ4v) is 1.87. The molecule has 0 unspecified atom stereocenters. The van der Waals surface area contributed by atoms with Crippen LogP contribution in [0.4, 0.5) is 5.69 Å². The molecule has 3 heteroatoms. The fourth-order valence-electron chi connectivity index (χ4n) is 1.87. The van der Waals surface area contributed by atoms with E-state index in [0.29, 0.717) is 6.42 Å². The molecule has 0 aromatic heterocycles. The number of hydrogen-bond donors (Lipinski definition) is 2. The molecule has 0 saturated heterocycles. The van der Waals surface area contributed by atoms with Crippen molar-refractivity contribution in [1.82, 2.24) is 0 Å². The third-order valence-electron chi connectivity index (χ3n) is 2.82. The maximum atomic E-state index is 11.4. The molecule has 0 bridgehead atoms. The van der Waals surface area contributed by atoms with Crippen molar-refractivity contribution in [3.8, 4) is 5.75 Å². The molecule has 0 spiro atoms. The molecule has 2 rings (SSSR count). The number of carbonyl (C=O) groups is 1. The smallest absolute Gasteiger partial charge is 0.160 e. The highest BCUT2D eigenvalue weighted by molar-refractivity contribution is 5.97. The number of anilines is 1. The minimum absolute atomic E-state index is 0.240. The Bertz CT molecular complexity index is 449. The molecular weight excluding hydrogens is 202 g/mol. The fraction of sp³-hybridized carbons (Fsp3) is 0.308. The average molecular weight is 217 g/mol. The quantitative estimate of drug-likeness (QED) is 0.591. The monoisotopic (exact) mass is 217 g/mol. The lowest BCUT2D eigenvalue weighted by Gasteiger charge is -2.06. The molecular formula is C13H15NO2. The number of carbonyl (C=O) groups excluding carboxylic acids is 1. The second-order valence-electron chi connectivity index (χ2n) is 4.09. The summed E-state index contributed by atoms with van der Waals surface area (Å²) in [7, 11) is 0. The number of benzene rings is 1. The van der Waals surface area contributed by atoms with E-state index in [1.807, 2.05) is 6.92 Å². The molecule has 1 aliphatic rings. The molecule has 3 nitrogen and oxygen atoms in total. The third-order valence-corrected chi connectivity index (χ3v) is 2.82. The largest absolute Gasteiger partial charge is 0.508 e. The minimum atomic E-state index is 0.240. The van der Waals surface area contributed by atoms with Gasteiger partial charge in [-0.3, -0.25) is 4.79 Å². The Morgan fingerprint density at radius 2 is 2.19 bits per heavy atom. The van der Waals surface area contributed by atoms with Crippen LogP contribution in [0.15, 0.2) is 30.0 Å². The summed E-state index contributed by atoms with van der Waals surface area (Å²) in [6.07, 6.45) is 4.28. The topological polar surface area (TPSA) is 49.3 Å². The number of hydrogen-bond acceptors (Lipinski definition) is 3. The zero-order valence-electron chi connectivity index (χ0n) is 9.29. The Labute approximate surface area is 94.8 Å². The number of Topliss-reactive ketones (excluding diaryl/α,β-unsaturated/α-hetero) is 1. The predicted molar refractivity (Wildman–Crippen MR) is 63.4 cm³/mol. The van der Waals surface area contributed by atoms with Gasteiger partial charge in [0.15, 0.2) is 5.78 Å². The number of aryl methyl sites for hydroxylation is 1. The molecule has 1 aliphatic carbocycles. The van der Waals surface area contributed by atoms with Crippen LogP contribution in [-0.2, 0) is 4.79 Å². The first kappa shape index (κ1) is 10.7. The summed E-state index contributed by atoms with van der Waals surface area (Å²) < 4.78 is 0. The maximum absolute atomic E-state index is 11.4. The first-order valence-corrected chi connectivity index (χ1v) is 5.45. The van der Waals surface area contributed by atoms with Gasteiger partial charge in [0.1, 0.15) is 5.75 Å². The van der Waals surface area contributed by atoms with Crippen LogP contribution in [0, 0.1) is 6.92 Å². The van der Waals surface area contributed by atoms with Gasteiger partial charge in [-0.05, 0) is 43.5 Å². The van der Waals surface area contributed by atoms with E-state index in [-0.39, 0.29) is 11.5 Å². The van der Waals surface area contributed by atoms with Gasteiger partial charge in [0.25, 0.3) is 0 Å². The second-order valence-corrected chi connectivity index (χ2v) is 4.09. The number of phenols is 1. The van der Waals surface area contributed by atoms with Gasteiger partial charge < -0.3 is 10.4 Å². The van der Waals surface area contributed by atoms with Gasteiger partial charge in [0.05, 0.1) is 0 Å². The minimum Gasteiger partial charge on any atom is -0.508 e. The Kier molecular flexibility index (Phi) is 2.95. The van der Waals surface area contributed by atoms with E-state index in [0.717, 1.165) is 29.7 Å². The molecule has 1 aromatic rings. The highest BCUT2D eigenvalue weighted by Crippen LogP contribution is 2.23. The van der Waals surface area contributed by atoms with E-state index in [1.54, 1.807) is 24.4 Å². The first-order valence-electron chi connectivity index (χ1n) is 5.45. The molecule has 1 saturated carbocycles. The van der Waals surface area contributed by atoms with Crippen LogP contribution < -0.4 is 5.32 Å². The van der Waals surface area contributed by atoms with Crippen LogP contribution >= 0.6 is 0 Å². The van der Waals surface area contributed by atoms with Crippen molar-refractivity contribution < 1.29 is 9.90 Å². The summed E-state index contributed by atoms with van der Waals surface area (Å²) in [5, 5.41) is 12.4. The van der Waals surface area contributed by atoms with Crippen molar-refractivity contribution in [2.75, 3.05) is 5.32 Å². The van der Waals surface area contributed by atoms with E-state index in [1.165, 1.54) is 0 Å². The number of aromatic hydroxyl groups is 1. The van der Waals surface area contributed by atoms with Crippen molar-refractivity contribution in [3.05, 3.63) is 35.5 Å². The normalized spacial score (nSPS) is 18.1. The third kappa shape index (κ3) is 2.24. The lowest BCUT2D eigenvalue weighted by atomic mass is 10.2. The van der Waals surface area contributed by atoms with Gasteiger partial charge in [-0.15, -0.1) is 0 Å². The number of phenolic OH excluding ortho intramolecular Hbond substituents is 1. The standard InChI is InChI=1S/C13H15NO2/c1-9-7-11(15)5-6-12(9)14-8-10-3-2-4-13(10)16/h5-8,14-15H,2-4H2,1H3/b10-8+. The first-order chi connectivity index (χ1) is 7.66. The van der Waals surface area contributed by atoms with Gasteiger partial charge in [-0.2, -0.15) is 0 Å². The van der Waals surface area contributed by atoms with E-state index >= 15 is 0 Å². The van der Waals surface area contributed by atoms with Gasteiger partial charge in [0.2, 0.25) is 0 Å². The van der Waals surface area contributed by atoms with Crippen molar-refractivity contribution in [2.45, 2.75) is 26.2 Å². The summed E-state index contributed by atoms with van der Waals surface area (Å²) in [5.74, 6) is 0.497. The van der Waals surface area contributed by atoms with E-state index in [4.69, 9.17) is 0 Å². The van der Waals surface area contributed by atoms with Crippen LogP contribution in [0.1, 0.15) is 24.8 Å². The number of allylic oxidation sites excluding steroid dienone is 1. The van der Waals surface area contributed by atoms with Crippen molar-refractivity contribution in [3.63, 3.8) is 0 Å². The molecule has 1 aromatic carbocycles. The lowest BCUT2D eigenvalue weighted by molar-refractivity contribution is -0.114. The van der Waals surface area contributed by atoms with Gasteiger partial charge in [0, 0.05) is 23.9 Å². The highest BCUT2D eigenvalue weighted by atomic mass is 16.3. The molecule has 2 N–H and O–H groups in total. The van der Waals surface area contributed by atoms with Crippen molar-refractivity contribution in [2.24, 2.45) is 0 Å². The van der Waals surface area contributed by atoms with Crippen LogP contribution in [0.3, 0.4) is 0 Å². The van der Waals surface area contributed by atoms with Gasteiger partial charge in [-0.25, -0.2) is 0 Å². The zero-order chi connectivity index (χ0) is 11.5.